The van der Waals surface area contributed by atoms with Crippen LogP contribution in [0.4, 0.5) is 5.69 Å². The summed E-state index contributed by atoms with van der Waals surface area (Å²) in [7, 11) is 0. The minimum absolute atomic E-state index is 0.109. The van der Waals surface area contributed by atoms with Crippen LogP contribution >= 0.6 is 0 Å². The SMILES string of the molecule is Cc1cccc(NC(=O)CNC(C)(C)C)c1C#N. The lowest BCUT2D eigenvalue weighted by Crippen LogP contribution is -2.41. The van der Waals surface area contributed by atoms with Gasteiger partial charge in [-0.3, -0.25) is 4.79 Å². The Morgan fingerprint density at radius 3 is 2.61 bits per heavy atom. The standard InChI is InChI=1S/C14H19N3O/c1-10-6-5-7-12(11(10)8-15)17-13(18)9-16-14(2,3)4/h5-7,16H,9H2,1-4H3,(H,17,18). The van der Waals surface area contributed by atoms with E-state index in [2.05, 4.69) is 16.7 Å². The van der Waals surface area contributed by atoms with Gasteiger partial charge in [0.15, 0.2) is 0 Å². The average molecular weight is 245 g/mol. The number of nitrogens with zero attached hydrogens (tertiary/aromatic N) is 1. The summed E-state index contributed by atoms with van der Waals surface area (Å²) in [5.41, 5.74) is 1.83. The topological polar surface area (TPSA) is 64.9 Å². The highest BCUT2D eigenvalue weighted by atomic mass is 16.1. The lowest BCUT2D eigenvalue weighted by molar-refractivity contribution is -0.115. The third-order valence-electron chi connectivity index (χ3n) is 2.44. The quantitative estimate of drug-likeness (QED) is 0.858. The molecular formula is C14H19N3O. The maximum absolute atomic E-state index is 11.8. The van der Waals surface area contributed by atoms with Gasteiger partial charge in [-0.25, -0.2) is 0 Å². The third-order valence-corrected chi connectivity index (χ3v) is 2.44. The Bertz CT molecular complexity index is 481. The summed E-state index contributed by atoms with van der Waals surface area (Å²) >= 11 is 0. The van der Waals surface area contributed by atoms with Crippen LogP contribution in [0.15, 0.2) is 18.2 Å². The first kappa shape index (κ1) is 14.2. The molecule has 0 radical (unpaired) electrons. The van der Waals surface area contributed by atoms with E-state index >= 15 is 0 Å². The van der Waals surface area contributed by atoms with E-state index in [4.69, 9.17) is 5.26 Å². The highest BCUT2D eigenvalue weighted by Crippen LogP contribution is 2.18. The first-order valence-corrected chi connectivity index (χ1v) is 5.88. The van der Waals surface area contributed by atoms with Gasteiger partial charge in [0.2, 0.25) is 5.91 Å². The number of nitrogens with one attached hydrogen (secondary N) is 2. The Hall–Kier alpha value is -1.86. The van der Waals surface area contributed by atoms with Gasteiger partial charge in [0, 0.05) is 5.54 Å². The van der Waals surface area contributed by atoms with Gasteiger partial charge in [0.05, 0.1) is 17.8 Å². The van der Waals surface area contributed by atoms with E-state index in [9.17, 15) is 4.79 Å². The van der Waals surface area contributed by atoms with Crippen molar-refractivity contribution in [3.05, 3.63) is 29.3 Å². The van der Waals surface area contributed by atoms with E-state index in [1.165, 1.54) is 0 Å². The number of hydrogen-bond donors (Lipinski definition) is 2. The van der Waals surface area contributed by atoms with Gasteiger partial charge in [0.25, 0.3) is 0 Å². The zero-order valence-corrected chi connectivity index (χ0v) is 11.3. The van der Waals surface area contributed by atoms with Crippen LogP contribution in [0.25, 0.3) is 0 Å². The van der Waals surface area contributed by atoms with Crippen LogP contribution in [0.3, 0.4) is 0 Å². The van der Waals surface area contributed by atoms with Crippen molar-refractivity contribution in [1.82, 2.24) is 5.32 Å². The fourth-order valence-corrected chi connectivity index (χ4v) is 1.46. The molecule has 96 valence electrons. The van der Waals surface area contributed by atoms with Crippen molar-refractivity contribution < 1.29 is 4.79 Å². The van der Waals surface area contributed by atoms with E-state index in [1.54, 1.807) is 6.07 Å². The number of rotatable bonds is 3. The summed E-state index contributed by atoms with van der Waals surface area (Å²) in [6, 6.07) is 7.51. The molecule has 0 saturated heterocycles. The monoisotopic (exact) mass is 245 g/mol. The van der Waals surface area contributed by atoms with Crippen molar-refractivity contribution >= 4 is 11.6 Å². The van der Waals surface area contributed by atoms with Crippen molar-refractivity contribution in [3.63, 3.8) is 0 Å². The molecule has 0 aliphatic carbocycles. The Kier molecular flexibility index (Phi) is 4.46. The predicted molar refractivity (Wildman–Crippen MR) is 72.3 cm³/mol. The second-order valence-corrected chi connectivity index (χ2v) is 5.26. The third kappa shape index (κ3) is 4.19. The van der Waals surface area contributed by atoms with E-state index in [1.807, 2.05) is 39.8 Å². The first-order valence-electron chi connectivity index (χ1n) is 5.88. The number of nitriles is 1. The highest BCUT2D eigenvalue weighted by Gasteiger charge is 2.13. The van der Waals surface area contributed by atoms with Crippen molar-refractivity contribution in [1.29, 1.82) is 5.26 Å². The Labute approximate surface area is 108 Å². The van der Waals surface area contributed by atoms with Gasteiger partial charge >= 0.3 is 0 Å². The van der Waals surface area contributed by atoms with Gasteiger partial charge < -0.3 is 10.6 Å². The number of carbonyl (C=O) groups excluding carboxylic acids is 1. The van der Waals surface area contributed by atoms with Crippen molar-refractivity contribution in [2.24, 2.45) is 0 Å². The summed E-state index contributed by atoms with van der Waals surface area (Å²) in [5, 5.41) is 14.9. The van der Waals surface area contributed by atoms with E-state index < -0.39 is 0 Å². The van der Waals surface area contributed by atoms with Gasteiger partial charge in [-0.05, 0) is 39.3 Å². The molecular weight excluding hydrogens is 226 g/mol. The number of aryl methyl sites for hydroxylation is 1. The Balaban J connectivity index is 2.72. The molecule has 0 atom stereocenters. The molecule has 0 heterocycles. The molecule has 1 aromatic carbocycles. The van der Waals surface area contributed by atoms with Crippen molar-refractivity contribution in [2.45, 2.75) is 33.2 Å². The van der Waals surface area contributed by atoms with Gasteiger partial charge in [-0.15, -0.1) is 0 Å². The zero-order chi connectivity index (χ0) is 13.8. The lowest BCUT2D eigenvalue weighted by atomic mass is 10.1. The highest BCUT2D eigenvalue weighted by molar-refractivity contribution is 5.93. The van der Waals surface area contributed by atoms with Gasteiger partial charge in [-0.1, -0.05) is 12.1 Å². The van der Waals surface area contributed by atoms with Gasteiger partial charge in [0.1, 0.15) is 6.07 Å². The number of amides is 1. The molecule has 1 rings (SSSR count). The summed E-state index contributed by atoms with van der Waals surface area (Å²) in [5.74, 6) is -0.146. The van der Waals surface area contributed by atoms with E-state index in [0.29, 0.717) is 11.3 Å². The molecule has 1 amide bonds. The number of anilines is 1. The maximum atomic E-state index is 11.8. The van der Waals surface area contributed by atoms with E-state index in [-0.39, 0.29) is 18.0 Å². The van der Waals surface area contributed by atoms with Crippen LogP contribution in [0.5, 0.6) is 0 Å². The maximum Gasteiger partial charge on any atom is 0.238 e. The molecule has 4 nitrogen and oxygen atoms in total. The second-order valence-electron chi connectivity index (χ2n) is 5.26. The largest absolute Gasteiger partial charge is 0.324 e. The van der Waals surface area contributed by atoms with Crippen LogP contribution in [0.1, 0.15) is 31.9 Å². The number of carbonyl (C=O) groups is 1. The van der Waals surface area contributed by atoms with Crippen LogP contribution in [0.2, 0.25) is 0 Å². The lowest BCUT2D eigenvalue weighted by Gasteiger charge is -2.20. The molecule has 18 heavy (non-hydrogen) atoms. The smallest absolute Gasteiger partial charge is 0.238 e. The zero-order valence-electron chi connectivity index (χ0n) is 11.3. The first-order chi connectivity index (χ1) is 8.33. The summed E-state index contributed by atoms with van der Waals surface area (Å²) < 4.78 is 0. The Morgan fingerprint density at radius 1 is 1.39 bits per heavy atom. The summed E-state index contributed by atoms with van der Waals surface area (Å²) in [6.45, 7) is 8.05. The summed E-state index contributed by atoms with van der Waals surface area (Å²) in [6.07, 6.45) is 0. The van der Waals surface area contributed by atoms with Crippen molar-refractivity contribution in [3.8, 4) is 6.07 Å². The molecule has 0 unspecified atom stereocenters. The molecule has 1 aromatic rings. The second kappa shape index (κ2) is 5.65. The van der Waals surface area contributed by atoms with Crippen molar-refractivity contribution in [2.75, 3.05) is 11.9 Å². The minimum atomic E-state index is -0.146. The normalized spacial score (nSPS) is 10.8. The molecule has 0 aliphatic heterocycles. The predicted octanol–water partition coefficient (Wildman–Crippen LogP) is 2.19. The van der Waals surface area contributed by atoms with Crippen LogP contribution in [0, 0.1) is 18.3 Å². The summed E-state index contributed by atoms with van der Waals surface area (Å²) in [4.78, 5) is 11.8. The molecule has 0 aliphatic rings. The molecule has 0 fully saturated rings. The molecule has 0 saturated carbocycles. The molecule has 2 N–H and O–H groups in total. The van der Waals surface area contributed by atoms with Crippen LogP contribution < -0.4 is 10.6 Å². The van der Waals surface area contributed by atoms with E-state index in [0.717, 1.165) is 5.56 Å². The minimum Gasteiger partial charge on any atom is -0.324 e. The number of benzene rings is 1. The molecule has 0 aromatic heterocycles. The van der Waals surface area contributed by atoms with Crippen LogP contribution in [-0.2, 0) is 4.79 Å². The molecule has 0 spiro atoms. The molecule has 0 bridgehead atoms. The van der Waals surface area contributed by atoms with Gasteiger partial charge in [-0.2, -0.15) is 5.26 Å². The average Bonchev–Trinajstić information content (AvgIpc) is 2.26. The fraction of sp³-hybridized carbons (Fsp3) is 0.429. The van der Waals surface area contributed by atoms with Crippen LogP contribution in [-0.4, -0.2) is 18.0 Å². The molecule has 4 heteroatoms. The number of hydrogen-bond acceptors (Lipinski definition) is 3. The Morgan fingerprint density at radius 2 is 2.06 bits per heavy atom. The fourth-order valence-electron chi connectivity index (χ4n) is 1.46.